The molecule has 3 heteroatoms. The molecule has 0 atom stereocenters. The first-order valence-corrected chi connectivity index (χ1v) is 4.38. The van der Waals surface area contributed by atoms with E-state index < -0.39 is 0 Å². The third-order valence-electron chi connectivity index (χ3n) is 2.10. The zero-order chi connectivity index (χ0) is 9.97. The average molecular weight is 224 g/mol. The van der Waals surface area contributed by atoms with E-state index in [9.17, 15) is 4.39 Å². The van der Waals surface area contributed by atoms with Gasteiger partial charge in [-0.3, -0.25) is 0 Å². The zero-order valence-electron chi connectivity index (χ0n) is 7.98. The van der Waals surface area contributed by atoms with Crippen LogP contribution in [0, 0.1) is 5.82 Å². The first-order valence-electron chi connectivity index (χ1n) is 4.38. The Kier molecular flexibility index (Phi) is 3.69. The lowest BCUT2D eigenvalue weighted by molar-refractivity contribution is 0.628. The van der Waals surface area contributed by atoms with Crippen molar-refractivity contribution in [1.29, 1.82) is 0 Å². The summed E-state index contributed by atoms with van der Waals surface area (Å²) in [6.07, 6.45) is 0. The molecule has 2 aromatic rings. The van der Waals surface area contributed by atoms with Crippen LogP contribution in [0.3, 0.4) is 0 Å². The second-order valence-electron chi connectivity index (χ2n) is 3.10. The van der Waals surface area contributed by atoms with Crippen LogP contribution in [0.4, 0.5) is 10.1 Å². The van der Waals surface area contributed by atoms with Crippen molar-refractivity contribution in [2.45, 2.75) is 0 Å². The van der Waals surface area contributed by atoms with Gasteiger partial charge in [0.15, 0.2) is 0 Å². The molecule has 0 unspecified atom stereocenters. The molecule has 0 aliphatic carbocycles. The van der Waals surface area contributed by atoms with Crippen LogP contribution in [-0.4, -0.2) is 0 Å². The Balaban J connectivity index is 0.00000112. The molecular formula is C12H11ClFN. The van der Waals surface area contributed by atoms with Gasteiger partial charge in [-0.1, -0.05) is 30.3 Å². The molecule has 0 saturated heterocycles. The third-order valence-corrected chi connectivity index (χ3v) is 2.10. The van der Waals surface area contributed by atoms with Gasteiger partial charge in [-0.15, -0.1) is 12.4 Å². The highest BCUT2D eigenvalue weighted by molar-refractivity contribution is 5.85. The van der Waals surface area contributed by atoms with Gasteiger partial charge in [0, 0.05) is 11.3 Å². The Bertz CT molecular complexity index is 443. The summed E-state index contributed by atoms with van der Waals surface area (Å²) in [7, 11) is 0. The van der Waals surface area contributed by atoms with E-state index in [4.69, 9.17) is 5.73 Å². The van der Waals surface area contributed by atoms with Gasteiger partial charge < -0.3 is 5.73 Å². The summed E-state index contributed by atoms with van der Waals surface area (Å²) in [6.45, 7) is 0. The van der Waals surface area contributed by atoms with E-state index in [0.29, 0.717) is 5.69 Å². The fourth-order valence-electron chi connectivity index (χ4n) is 1.41. The fraction of sp³-hybridized carbons (Fsp3) is 0. The van der Waals surface area contributed by atoms with Crippen molar-refractivity contribution in [3.8, 4) is 11.1 Å². The summed E-state index contributed by atoms with van der Waals surface area (Å²) in [5, 5.41) is 0. The van der Waals surface area contributed by atoms with Gasteiger partial charge in [0.2, 0.25) is 0 Å². The molecule has 78 valence electrons. The van der Waals surface area contributed by atoms with Crippen molar-refractivity contribution in [1.82, 2.24) is 0 Å². The highest BCUT2D eigenvalue weighted by Gasteiger charge is 2.02. The van der Waals surface area contributed by atoms with Crippen LogP contribution >= 0.6 is 12.4 Å². The standard InChI is InChI=1S/C12H10FN.ClH/c13-10-6-7-11(12(14)8-10)9-4-2-1-3-5-9;/h1-8H,14H2;1H. The third kappa shape index (κ3) is 2.48. The highest BCUT2D eigenvalue weighted by atomic mass is 35.5. The number of rotatable bonds is 1. The quantitative estimate of drug-likeness (QED) is 0.736. The van der Waals surface area contributed by atoms with E-state index in [-0.39, 0.29) is 18.2 Å². The molecule has 0 heterocycles. The van der Waals surface area contributed by atoms with Crippen LogP contribution in [0.2, 0.25) is 0 Å². The molecule has 2 aromatic carbocycles. The van der Waals surface area contributed by atoms with E-state index in [1.54, 1.807) is 6.07 Å². The van der Waals surface area contributed by atoms with Crippen molar-refractivity contribution in [3.05, 3.63) is 54.3 Å². The first-order chi connectivity index (χ1) is 6.77. The summed E-state index contributed by atoms with van der Waals surface area (Å²) in [5.41, 5.74) is 8.05. The average Bonchev–Trinajstić information content (AvgIpc) is 2.19. The number of anilines is 1. The lowest BCUT2D eigenvalue weighted by Gasteiger charge is -2.04. The van der Waals surface area contributed by atoms with Crippen LogP contribution < -0.4 is 5.73 Å². The Morgan fingerprint density at radius 2 is 1.60 bits per heavy atom. The van der Waals surface area contributed by atoms with Crippen LogP contribution in [0.15, 0.2) is 48.5 Å². The lowest BCUT2D eigenvalue weighted by Crippen LogP contribution is -1.90. The second kappa shape index (κ2) is 4.80. The van der Waals surface area contributed by atoms with Crippen LogP contribution in [0.25, 0.3) is 11.1 Å². The predicted molar refractivity (Wildman–Crippen MR) is 63.5 cm³/mol. The molecule has 0 bridgehead atoms. The summed E-state index contributed by atoms with van der Waals surface area (Å²) in [4.78, 5) is 0. The Morgan fingerprint density at radius 1 is 0.933 bits per heavy atom. The van der Waals surface area contributed by atoms with Gasteiger partial charge in [0.25, 0.3) is 0 Å². The number of nitrogen functional groups attached to an aromatic ring is 1. The Morgan fingerprint density at radius 3 is 2.20 bits per heavy atom. The highest BCUT2D eigenvalue weighted by Crippen LogP contribution is 2.25. The summed E-state index contributed by atoms with van der Waals surface area (Å²) >= 11 is 0. The van der Waals surface area contributed by atoms with Crippen LogP contribution in [0.1, 0.15) is 0 Å². The maximum Gasteiger partial charge on any atom is 0.125 e. The molecule has 0 aromatic heterocycles. The molecule has 2 N–H and O–H groups in total. The predicted octanol–water partition coefficient (Wildman–Crippen LogP) is 3.50. The molecule has 0 spiro atoms. The zero-order valence-corrected chi connectivity index (χ0v) is 8.80. The summed E-state index contributed by atoms with van der Waals surface area (Å²) < 4.78 is 12.8. The molecular weight excluding hydrogens is 213 g/mol. The van der Waals surface area contributed by atoms with Gasteiger partial charge in [0.1, 0.15) is 5.82 Å². The maximum absolute atomic E-state index is 12.8. The molecule has 2 rings (SSSR count). The summed E-state index contributed by atoms with van der Waals surface area (Å²) in [6, 6.07) is 14.1. The maximum atomic E-state index is 12.8. The second-order valence-corrected chi connectivity index (χ2v) is 3.10. The minimum atomic E-state index is -0.304. The molecule has 15 heavy (non-hydrogen) atoms. The van der Waals surface area contributed by atoms with E-state index in [2.05, 4.69) is 0 Å². The number of benzene rings is 2. The molecule has 0 aliphatic rings. The van der Waals surface area contributed by atoms with Crippen LogP contribution in [0.5, 0.6) is 0 Å². The number of hydrogen-bond donors (Lipinski definition) is 1. The smallest absolute Gasteiger partial charge is 0.125 e. The molecule has 0 fully saturated rings. The fourth-order valence-corrected chi connectivity index (χ4v) is 1.41. The normalized spacial score (nSPS) is 9.40. The van der Waals surface area contributed by atoms with Gasteiger partial charge in [-0.2, -0.15) is 0 Å². The van der Waals surface area contributed by atoms with Crippen LogP contribution in [-0.2, 0) is 0 Å². The van der Waals surface area contributed by atoms with Gasteiger partial charge in [0.05, 0.1) is 0 Å². The Labute approximate surface area is 94.1 Å². The molecule has 0 aliphatic heterocycles. The summed E-state index contributed by atoms with van der Waals surface area (Å²) in [5.74, 6) is -0.304. The SMILES string of the molecule is Cl.Nc1cc(F)ccc1-c1ccccc1. The van der Waals surface area contributed by atoms with Gasteiger partial charge in [-0.25, -0.2) is 4.39 Å². The lowest BCUT2D eigenvalue weighted by atomic mass is 10.0. The van der Waals surface area contributed by atoms with Crippen molar-refractivity contribution in [2.75, 3.05) is 5.73 Å². The monoisotopic (exact) mass is 223 g/mol. The van der Waals surface area contributed by atoms with Crippen molar-refractivity contribution in [3.63, 3.8) is 0 Å². The van der Waals surface area contributed by atoms with Crippen molar-refractivity contribution in [2.24, 2.45) is 0 Å². The number of nitrogens with two attached hydrogens (primary N) is 1. The molecule has 1 nitrogen and oxygen atoms in total. The number of halogens is 2. The van der Waals surface area contributed by atoms with E-state index >= 15 is 0 Å². The van der Waals surface area contributed by atoms with E-state index in [1.807, 2.05) is 30.3 Å². The van der Waals surface area contributed by atoms with E-state index in [1.165, 1.54) is 12.1 Å². The minimum Gasteiger partial charge on any atom is -0.398 e. The largest absolute Gasteiger partial charge is 0.398 e. The van der Waals surface area contributed by atoms with E-state index in [0.717, 1.165) is 11.1 Å². The molecule has 0 radical (unpaired) electrons. The molecule has 0 amide bonds. The topological polar surface area (TPSA) is 26.0 Å². The molecule has 0 saturated carbocycles. The first kappa shape index (κ1) is 11.5. The van der Waals surface area contributed by atoms with Crippen molar-refractivity contribution < 1.29 is 4.39 Å². The van der Waals surface area contributed by atoms with Gasteiger partial charge in [-0.05, 0) is 23.8 Å². The van der Waals surface area contributed by atoms with Crippen molar-refractivity contribution >= 4 is 18.1 Å². The minimum absolute atomic E-state index is 0. The van der Waals surface area contributed by atoms with Gasteiger partial charge >= 0.3 is 0 Å². The Hall–Kier alpha value is -1.54. The number of hydrogen-bond acceptors (Lipinski definition) is 1.